The van der Waals surface area contributed by atoms with E-state index in [9.17, 15) is 4.79 Å². The third-order valence-electron chi connectivity index (χ3n) is 2.58. The molecule has 0 bridgehead atoms. The Morgan fingerprint density at radius 1 is 1.37 bits per heavy atom. The fraction of sp³-hybridized carbons (Fsp3) is 0.231. The molecule has 2 rings (SSSR count). The summed E-state index contributed by atoms with van der Waals surface area (Å²) in [6.45, 7) is 3.26. The van der Waals surface area contributed by atoms with E-state index in [1.165, 1.54) is 11.6 Å². The number of halogens is 2. The van der Waals surface area contributed by atoms with E-state index in [1.807, 2.05) is 6.92 Å². The minimum atomic E-state index is -0.356. The molecule has 1 heterocycles. The van der Waals surface area contributed by atoms with Crippen LogP contribution >= 0.6 is 23.2 Å². The van der Waals surface area contributed by atoms with Crippen LogP contribution in [0.1, 0.15) is 30.4 Å². The van der Waals surface area contributed by atoms with Crippen molar-refractivity contribution >= 4 is 29.1 Å². The zero-order valence-electron chi connectivity index (χ0n) is 10.4. The van der Waals surface area contributed by atoms with Crippen molar-refractivity contribution in [3.05, 3.63) is 46.2 Å². The molecule has 4 nitrogen and oxygen atoms in total. The quantitative estimate of drug-likeness (QED) is 0.860. The highest BCUT2D eigenvalue weighted by Crippen LogP contribution is 2.31. The summed E-state index contributed by atoms with van der Waals surface area (Å²) < 4.78 is 7.03. The molecule has 0 aliphatic heterocycles. The molecule has 0 radical (unpaired) electrons. The van der Waals surface area contributed by atoms with E-state index in [4.69, 9.17) is 27.9 Å². The lowest BCUT2D eigenvalue weighted by Gasteiger charge is -2.16. The highest BCUT2D eigenvalue weighted by molar-refractivity contribution is 6.35. The van der Waals surface area contributed by atoms with Crippen molar-refractivity contribution in [1.82, 2.24) is 9.78 Å². The predicted octanol–water partition coefficient (Wildman–Crippen LogP) is 3.99. The lowest BCUT2D eigenvalue weighted by atomic mass is 10.2. The van der Waals surface area contributed by atoms with Crippen LogP contribution in [0.15, 0.2) is 30.5 Å². The molecular weight excluding hydrogens is 287 g/mol. The number of aromatic nitrogens is 2. The van der Waals surface area contributed by atoms with E-state index in [0.717, 1.165) is 0 Å². The summed E-state index contributed by atoms with van der Waals surface area (Å²) >= 11 is 11.9. The normalized spacial score (nSPS) is 12.2. The van der Waals surface area contributed by atoms with Crippen molar-refractivity contribution in [2.75, 3.05) is 0 Å². The number of carbonyl (C=O) groups excluding carboxylic acids is 1. The highest BCUT2D eigenvalue weighted by Gasteiger charge is 2.16. The average Bonchev–Trinajstić information content (AvgIpc) is 2.82. The second-order valence-corrected chi connectivity index (χ2v) is 4.87. The molecule has 0 saturated heterocycles. The summed E-state index contributed by atoms with van der Waals surface area (Å²) in [6.07, 6.45) is 1.20. The molecule has 1 atom stereocenters. The van der Waals surface area contributed by atoms with Crippen LogP contribution in [0.25, 0.3) is 0 Å². The maximum atomic E-state index is 11.4. The molecule has 100 valence electrons. The van der Waals surface area contributed by atoms with Gasteiger partial charge >= 0.3 is 0 Å². The first-order valence-corrected chi connectivity index (χ1v) is 6.41. The molecule has 6 heteroatoms. The van der Waals surface area contributed by atoms with Gasteiger partial charge in [0, 0.05) is 18.1 Å². The second-order valence-electron chi connectivity index (χ2n) is 4.02. The maximum absolute atomic E-state index is 11.4. The van der Waals surface area contributed by atoms with Crippen molar-refractivity contribution in [3.63, 3.8) is 0 Å². The summed E-state index contributed by atoms with van der Waals surface area (Å²) in [5, 5.41) is 4.91. The Labute approximate surface area is 120 Å². The monoisotopic (exact) mass is 298 g/mol. The van der Waals surface area contributed by atoms with Crippen LogP contribution in [0.2, 0.25) is 10.0 Å². The van der Waals surface area contributed by atoms with Crippen LogP contribution in [0.5, 0.6) is 5.75 Å². The summed E-state index contributed by atoms with van der Waals surface area (Å²) in [5.41, 5.74) is 0.665. The molecule has 0 N–H and O–H groups in total. The number of hydrogen-bond acceptors (Lipinski definition) is 3. The lowest BCUT2D eigenvalue weighted by Crippen LogP contribution is -2.16. The van der Waals surface area contributed by atoms with Gasteiger partial charge in [-0.1, -0.05) is 23.2 Å². The first kappa shape index (κ1) is 13.9. The minimum absolute atomic E-state index is 0.169. The summed E-state index contributed by atoms with van der Waals surface area (Å²) in [4.78, 5) is 11.4. The molecular formula is C13H12Cl2N2O2. The Kier molecular flexibility index (Phi) is 4.12. The Morgan fingerprint density at radius 3 is 2.74 bits per heavy atom. The summed E-state index contributed by atoms with van der Waals surface area (Å²) in [6, 6.07) is 6.72. The average molecular weight is 299 g/mol. The number of rotatable bonds is 3. The fourth-order valence-corrected chi connectivity index (χ4v) is 2.16. The number of hydrogen-bond donors (Lipinski definition) is 0. The van der Waals surface area contributed by atoms with Gasteiger partial charge in [0.1, 0.15) is 11.9 Å². The topological polar surface area (TPSA) is 44.1 Å². The van der Waals surface area contributed by atoms with Gasteiger partial charge in [-0.3, -0.25) is 4.79 Å². The number of carbonyl (C=O) groups is 1. The van der Waals surface area contributed by atoms with Crippen molar-refractivity contribution < 1.29 is 9.53 Å². The van der Waals surface area contributed by atoms with Crippen LogP contribution in [0, 0.1) is 0 Å². The van der Waals surface area contributed by atoms with Gasteiger partial charge in [0.15, 0.2) is 0 Å². The second kappa shape index (κ2) is 5.63. The zero-order chi connectivity index (χ0) is 14.0. The van der Waals surface area contributed by atoms with Crippen LogP contribution in [-0.2, 0) is 0 Å². The number of ether oxygens (including phenoxy) is 1. The van der Waals surface area contributed by atoms with Gasteiger partial charge in [-0.05, 0) is 31.2 Å². The smallest absolute Gasteiger partial charge is 0.244 e. The third-order valence-corrected chi connectivity index (χ3v) is 3.11. The van der Waals surface area contributed by atoms with Crippen LogP contribution < -0.4 is 4.74 Å². The van der Waals surface area contributed by atoms with Gasteiger partial charge in [0.2, 0.25) is 5.91 Å². The molecule has 0 spiro atoms. The Balaban J connectivity index is 2.23. The molecule has 0 fully saturated rings. The first-order chi connectivity index (χ1) is 8.99. The molecule has 19 heavy (non-hydrogen) atoms. The molecule has 1 aromatic carbocycles. The molecule has 1 unspecified atom stereocenters. The Morgan fingerprint density at radius 2 is 2.11 bits per heavy atom. The van der Waals surface area contributed by atoms with E-state index in [0.29, 0.717) is 21.5 Å². The predicted molar refractivity (Wildman–Crippen MR) is 74.0 cm³/mol. The molecule has 0 aliphatic carbocycles. The standard InChI is InChI=1S/C13H12Cl2N2O2/c1-8(12-5-6-16-17(12)9(2)18)19-13-4-3-10(14)7-11(13)15/h3-8H,1-2H3. The van der Waals surface area contributed by atoms with Crippen molar-refractivity contribution in [2.24, 2.45) is 0 Å². The molecule has 0 saturated carbocycles. The van der Waals surface area contributed by atoms with Crippen molar-refractivity contribution in [1.29, 1.82) is 0 Å². The van der Waals surface area contributed by atoms with E-state index >= 15 is 0 Å². The van der Waals surface area contributed by atoms with Gasteiger partial charge in [0.25, 0.3) is 0 Å². The zero-order valence-corrected chi connectivity index (χ0v) is 11.9. The van der Waals surface area contributed by atoms with Gasteiger partial charge < -0.3 is 4.74 Å². The van der Waals surface area contributed by atoms with Gasteiger partial charge in [-0.25, -0.2) is 4.68 Å². The van der Waals surface area contributed by atoms with E-state index in [1.54, 1.807) is 30.5 Å². The molecule has 2 aromatic rings. The highest BCUT2D eigenvalue weighted by atomic mass is 35.5. The van der Waals surface area contributed by atoms with Crippen LogP contribution in [0.4, 0.5) is 0 Å². The number of nitrogens with zero attached hydrogens (tertiary/aromatic N) is 2. The van der Waals surface area contributed by atoms with Gasteiger partial charge in [-0.15, -0.1) is 0 Å². The van der Waals surface area contributed by atoms with Crippen molar-refractivity contribution in [3.8, 4) is 5.75 Å². The lowest BCUT2D eigenvalue weighted by molar-refractivity contribution is 0.0904. The van der Waals surface area contributed by atoms with Crippen molar-refractivity contribution in [2.45, 2.75) is 20.0 Å². The minimum Gasteiger partial charge on any atom is -0.483 e. The summed E-state index contributed by atoms with van der Waals surface area (Å²) in [7, 11) is 0. The summed E-state index contributed by atoms with van der Waals surface area (Å²) in [5.74, 6) is 0.340. The van der Waals surface area contributed by atoms with E-state index in [2.05, 4.69) is 5.10 Å². The van der Waals surface area contributed by atoms with Crippen LogP contribution in [-0.4, -0.2) is 15.7 Å². The Hall–Kier alpha value is -1.52. The molecule has 0 amide bonds. The van der Waals surface area contributed by atoms with E-state index in [-0.39, 0.29) is 12.0 Å². The molecule has 0 aliphatic rings. The van der Waals surface area contributed by atoms with Crippen LogP contribution in [0.3, 0.4) is 0 Å². The Bertz CT molecular complexity index is 610. The van der Waals surface area contributed by atoms with Gasteiger partial charge in [-0.2, -0.15) is 5.10 Å². The molecule has 1 aromatic heterocycles. The first-order valence-electron chi connectivity index (χ1n) is 5.65. The van der Waals surface area contributed by atoms with E-state index < -0.39 is 0 Å². The fourth-order valence-electron chi connectivity index (χ4n) is 1.71. The third kappa shape index (κ3) is 3.08. The largest absolute Gasteiger partial charge is 0.483 e. The number of benzene rings is 1. The SMILES string of the molecule is CC(=O)n1nccc1C(C)Oc1ccc(Cl)cc1Cl. The maximum Gasteiger partial charge on any atom is 0.244 e. The van der Waals surface area contributed by atoms with Gasteiger partial charge in [0.05, 0.1) is 10.7 Å².